The Morgan fingerprint density at radius 1 is 0.867 bits per heavy atom. The largest absolute Gasteiger partial charge is 0.496 e. The number of hydrogen-bond acceptors (Lipinski definition) is 4. The molecule has 0 spiro atoms. The minimum Gasteiger partial charge on any atom is -0.496 e. The molecule has 4 rings (SSSR count). The molecule has 0 aliphatic carbocycles. The predicted molar refractivity (Wildman–Crippen MR) is 119 cm³/mol. The van der Waals surface area contributed by atoms with Crippen molar-refractivity contribution in [3.05, 3.63) is 89.3 Å². The van der Waals surface area contributed by atoms with Crippen LogP contribution in [0.25, 0.3) is 16.9 Å². The van der Waals surface area contributed by atoms with Gasteiger partial charge in [-0.2, -0.15) is 5.10 Å². The first kappa shape index (κ1) is 20.0. The van der Waals surface area contributed by atoms with Gasteiger partial charge in [0, 0.05) is 24.0 Å². The molecule has 2 aromatic heterocycles. The lowest BCUT2D eigenvalue weighted by molar-refractivity contribution is 0.392. The highest BCUT2D eigenvalue weighted by molar-refractivity contribution is 6.32. The summed E-state index contributed by atoms with van der Waals surface area (Å²) in [7, 11) is 3.34. The SMILES string of the molecule is COc1cc(OC)c(-c2ccnn2-c2ccccc2Cl)cc1CCc1ccncc1. The summed E-state index contributed by atoms with van der Waals surface area (Å²) >= 11 is 6.43. The van der Waals surface area contributed by atoms with E-state index in [1.807, 2.05) is 65.6 Å². The van der Waals surface area contributed by atoms with E-state index in [2.05, 4.69) is 16.1 Å². The van der Waals surface area contributed by atoms with E-state index in [0.29, 0.717) is 10.8 Å². The molecule has 0 N–H and O–H groups in total. The third-order valence-corrected chi connectivity index (χ3v) is 5.35. The average Bonchev–Trinajstić information content (AvgIpc) is 3.27. The molecule has 6 heteroatoms. The molecule has 5 nitrogen and oxygen atoms in total. The van der Waals surface area contributed by atoms with Crippen LogP contribution in [0, 0.1) is 0 Å². The van der Waals surface area contributed by atoms with E-state index >= 15 is 0 Å². The fraction of sp³-hybridized carbons (Fsp3) is 0.167. The molecule has 0 radical (unpaired) electrons. The zero-order chi connectivity index (χ0) is 20.9. The number of methoxy groups -OCH3 is 2. The van der Waals surface area contributed by atoms with Crippen LogP contribution in [-0.2, 0) is 12.8 Å². The zero-order valence-corrected chi connectivity index (χ0v) is 17.6. The van der Waals surface area contributed by atoms with Gasteiger partial charge in [-0.3, -0.25) is 4.98 Å². The van der Waals surface area contributed by atoms with Crippen molar-refractivity contribution in [2.75, 3.05) is 14.2 Å². The molecule has 30 heavy (non-hydrogen) atoms. The second-order valence-corrected chi connectivity index (χ2v) is 7.21. The number of halogens is 1. The van der Waals surface area contributed by atoms with Crippen LogP contribution in [0.2, 0.25) is 5.02 Å². The Hall–Kier alpha value is -3.31. The molecule has 2 heterocycles. The number of nitrogens with zero attached hydrogens (tertiary/aromatic N) is 3. The lowest BCUT2D eigenvalue weighted by Crippen LogP contribution is -2.03. The maximum Gasteiger partial charge on any atom is 0.131 e. The van der Waals surface area contributed by atoms with Gasteiger partial charge in [0.1, 0.15) is 11.5 Å². The first-order valence-corrected chi connectivity index (χ1v) is 10.0. The molecular formula is C24H22ClN3O2. The van der Waals surface area contributed by atoms with E-state index < -0.39 is 0 Å². The number of hydrogen-bond donors (Lipinski definition) is 0. The minimum atomic E-state index is 0.632. The van der Waals surface area contributed by atoms with Gasteiger partial charge in [0.2, 0.25) is 0 Å². The molecule has 0 saturated heterocycles. The van der Waals surface area contributed by atoms with Crippen LogP contribution in [-0.4, -0.2) is 29.0 Å². The van der Waals surface area contributed by atoms with Crippen LogP contribution < -0.4 is 9.47 Å². The highest BCUT2D eigenvalue weighted by Crippen LogP contribution is 2.38. The molecule has 4 aromatic rings. The first-order valence-electron chi connectivity index (χ1n) is 9.64. The normalized spacial score (nSPS) is 10.8. The molecule has 0 aliphatic rings. The van der Waals surface area contributed by atoms with Gasteiger partial charge in [-0.15, -0.1) is 0 Å². The fourth-order valence-corrected chi connectivity index (χ4v) is 3.73. The number of benzene rings is 2. The Kier molecular flexibility index (Phi) is 6.00. The Balaban J connectivity index is 1.77. The Morgan fingerprint density at radius 3 is 2.37 bits per heavy atom. The summed E-state index contributed by atoms with van der Waals surface area (Å²) in [4.78, 5) is 4.09. The van der Waals surface area contributed by atoms with Gasteiger partial charge in [-0.25, -0.2) is 4.68 Å². The number of ether oxygens (including phenoxy) is 2. The summed E-state index contributed by atoms with van der Waals surface area (Å²) in [5, 5.41) is 5.14. The smallest absolute Gasteiger partial charge is 0.131 e. The predicted octanol–water partition coefficient (Wildman–Crippen LogP) is 5.39. The van der Waals surface area contributed by atoms with E-state index in [4.69, 9.17) is 21.1 Å². The highest BCUT2D eigenvalue weighted by Gasteiger charge is 2.18. The summed E-state index contributed by atoms with van der Waals surface area (Å²) in [6.07, 6.45) is 7.10. The van der Waals surface area contributed by atoms with Crippen molar-refractivity contribution in [3.63, 3.8) is 0 Å². The number of aryl methyl sites for hydroxylation is 2. The molecule has 152 valence electrons. The maximum atomic E-state index is 6.43. The lowest BCUT2D eigenvalue weighted by Gasteiger charge is -2.16. The molecule has 0 saturated carbocycles. The molecular weight excluding hydrogens is 398 g/mol. The molecule has 0 aliphatic heterocycles. The second-order valence-electron chi connectivity index (χ2n) is 6.80. The van der Waals surface area contributed by atoms with Gasteiger partial charge >= 0.3 is 0 Å². The second kappa shape index (κ2) is 9.01. The van der Waals surface area contributed by atoms with Gasteiger partial charge in [0.25, 0.3) is 0 Å². The fourth-order valence-electron chi connectivity index (χ4n) is 3.51. The van der Waals surface area contributed by atoms with Crippen LogP contribution in [0.4, 0.5) is 0 Å². The van der Waals surface area contributed by atoms with Crippen LogP contribution in [0.15, 0.2) is 73.2 Å². The Labute approximate surface area is 180 Å². The summed E-state index contributed by atoms with van der Waals surface area (Å²) in [5.74, 6) is 1.52. The van der Waals surface area contributed by atoms with Crippen molar-refractivity contribution in [2.24, 2.45) is 0 Å². The van der Waals surface area contributed by atoms with Gasteiger partial charge in [-0.05, 0) is 60.4 Å². The van der Waals surface area contributed by atoms with E-state index in [1.165, 1.54) is 5.56 Å². The van der Waals surface area contributed by atoms with Crippen LogP contribution in [0.1, 0.15) is 11.1 Å². The van der Waals surface area contributed by atoms with Crippen LogP contribution >= 0.6 is 11.6 Å². The summed E-state index contributed by atoms with van der Waals surface area (Å²) in [5.41, 5.74) is 4.96. The molecule has 2 aromatic carbocycles. The zero-order valence-electron chi connectivity index (χ0n) is 16.9. The summed E-state index contributed by atoms with van der Waals surface area (Å²) < 4.78 is 13.2. The van der Waals surface area contributed by atoms with E-state index in [1.54, 1.807) is 20.4 Å². The standard InChI is InChI=1S/C24H22ClN3O2/c1-29-23-16-24(30-2)19(15-18(23)8-7-17-9-12-26-13-10-17)21-11-14-27-28(21)22-6-4-3-5-20(22)25/h3-6,9-16H,7-8H2,1-2H3. The van der Waals surface area contributed by atoms with E-state index in [0.717, 1.165) is 41.1 Å². The van der Waals surface area contributed by atoms with Crippen molar-refractivity contribution >= 4 is 11.6 Å². The first-order chi connectivity index (χ1) is 14.7. The van der Waals surface area contributed by atoms with Gasteiger partial charge in [-0.1, -0.05) is 23.7 Å². The average molecular weight is 420 g/mol. The Morgan fingerprint density at radius 2 is 1.63 bits per heavy atom. The van der Waals surface area contributed by atoms with Gasteiger partial charge < -0.3 is 9.47 Å². The molecule has 0 fully saturated rings. The molecule has 0 amide bonds. The monoisotopic (exact) mass is 419 g/mol. The van der Waals surface area contributed by atoms with Gasteiger partial charge in [0.05, 0.1) is 36.8 Å². The maximum absolute atomic E-state index is 6.43. The van der Waals surface area contributed by atoms with Crippen LogP contribution in [0.5, 0.6) is 11.5 Å². The van der Waals surface area contributed by atoms with Gasteiger partial charge in [0.15, 0.2) is 0 Å². The van der Waals surface area contributed by atoms with E-state index in [9.17, 15) is 0 Å². The van der Waals surface area contributed by atoms with Crippen molar-refractivity contribution in [1.82, 2.24) is 14.8 Å². The quantitative estimate of drug-likeness (QED) is 0.403. The van der Waals surface area contributed by atoms with Crippen molar-refractivity contribution in [1.29, 1.82) is 0 Å². The molecule has 0 unspecified atom stereocenters. The van der Waals surface area contributed by atoms with E-state index in [-0.39, 0.29) is 0 Å². The third-order valence-electron chi connectivity index (χ3n) is 5.03. The number of pyridine rings is 1. The number of para-hydroxylation sites is 1. The summed E-state index contributed by atoms with van der Waals surface area (Å²) in [6.45, 7) is 0. The Bertz CT molecular complexity index is 1140. The number of rotatable bonds is 7. The molecule has 0 bridgehead atoms. The molecule has 0 atom stereocenters. The minimum absolute atomic E-state index is 0.632. The topological polar surface area (TPSA) is 49.2 Å². The van der Waals surface area contributed by atoms with Crippen molar-refractivity contribution < 1.29 is 9.47 Å². The van der Waals surface area contributed by atoms with Crippen molar-refractivity contribution in [2.45, 2.75) is 12.8 Å². The third kappa shape index (κ3) is 4.02. The highest BCUT2D eigenvalue weighted by atomic mass is 35.5. The lowest BCUT2D eigenvalue weighted by atomic mass is 10.00. The summed E-state index contributed by atoms with van der Waals surface area (Å²) in [6, 6.07) is 17.7. The van der Waals surface area contributed by atoms with Crippen LogP contribution in [0.3, 0.4) is 0 Å². The van der Waals surface area contributed by atoms with Crippen molar-refractivity contribution in [3.8, 4) is 28.4 Å². The number of aromatic nitrogens is 3.